The van der Waals surface area contributed by atoms with Crippen molar-refractivity contribution >= 4 is 70.9 Å². The maximum absolute atomic E-state index is 15.5. The van der Waals surface area contributed by atoms with Crippen LogP contribution in [-0.4, -0.2) is 289 Å². The SMILES string of the molecule is CCO[C@@H]1C[C@H]2C(=O)NC3(CCC3)C(=O)N(C)[C@@H](C3CCCC3)C(=O)N(C)[C@H](C(=O)N(C)C)CC(=O)N(C)[C@@H](C)C(=O)N[C@@H]([C@@H](C)CC)C(=O)N(C)CC(=O)N(C)[C@H]3CCCCCN(C3=O)[C@@H](CC3CCC(C(F)(F)F)CC3)C(=O)N(C)CC(=O)N[C@@H](CCC3CC(F)C(C(F)(F)F)C(F)C3)C(=O)N2C1. The summed E-state index contributed by atoms with van der Waals surface area (Å²) in [5.74, 6) is -16.7. The molecule has 4 saturated carbocycles. The minimum Gasteiger partial charge on any atom is -0.377 e. The monoisotopic (exact) mass is 1500 g/mol. The van der Waals surface area contributed by atoms with E-state index in [2.05, 4.69) is 16.0 Å². The molecule has 4 aliphatic carbocycles. The Balaban J connectivity index is 1.30. The Bertz CT molecular complexity index is 3100. The van der Waals surface area contributed by atoms with Crippen molar-refractivity contribution in [3.05, 3.63) is 0 Å². The Morgan fingerprint density at radius 2 is 1.23 bits per heavy atom. The van der Waals surface area contributed by atoms with Crippen molar-refractivity contribution in [2.45, 2.75) is 260 Å². The molecule has 594 valence electrons. The van der Waals surface area contributed by atoms with Crippen LogP contribution >= 0.6 is 0 Å². The highest BCUT2D eigenvalue weighted by molar-refractivity contribution is 6.01. The van der Waals surface area contributed by atoms with E-state index in [9.17, 15) is 55.1 Å². The molecular weight excluding hydrogens is 1390 g/mol. The summed E-state index contributed by atoms with van der Waals surface area (Å²) in [5, 5.41) is 8.30. The zero-order valence-electron chi connectivity index (χ0n) is 63.0. The van der Waals surface area contributed by atoms with Crippen molar-refractivity contribution < 1.29 is 97.4 Å². The first-order valence-corrected chi connectivity index (χ1v) is 37.5. The van der Waals surface area contributed by atoms with E-state index in [1.807, 2.05) is 0 Å². The fraction of sp³-hybridized carbons (Fsp3) is 0.833. The van der Waals surface area contributed by atoms with E-state index < -0.39 is 230 Å². The van der Waals surface area contributed by atoms with Crippen molar-refractivity contribution in [1.29, 1.82) is 0 Å². The van der Waals surface area contributed by atoms with E-state index in [-0.39, 0.29) is 83.9 Å². The van der Waals surface area contributed by atoms with Crippen LogP contribution < -0.4 is 16.0 Å². The third kappa shape index (κ3) is 20.4. The molecule has 0 aromatic heterocycles. The van der Waals surface area contributed by atoms with E-state index >= 15 is 37.5 Å². The van der Waals surface area contributed by atoms with Crippen LogP contribution in [0.15, 0.2) is 0 Å². The number of nitrogens with zero attached hydrogens (tertiary/aromatic N) is 9. The van der Waals surface area contributed by atoms with Gasteiger partial charge in [0.05, 0.1) is 31.5 Å². The number of alkyl halides is 8. The summed E-state index contributed by atoms with van der Waals surface area (Å²) in [5.41, 5.74) is -1.68. The van der Waals surface area contributed by atoms with Crippen LogP contribution in [0.1, 0.15) is 175 Å². The molecule has 105 heavy (non-hydrogen) atoms. The normalized spacial score (nSPS) is 32.3. The number of rotatable bonds is 11. The molecule has 33 heteroatoms. The molecule has 2 unspecified atom stereocenters. The first-order valence-electron chi connectivity index (χ1n) is 37.5. The number of carbonyl (C=O) groups is 12. The lowest BCUT2D eigenvalue weighted by Gasteiger charge is -2.46. The van der Waals surface area contributed by atoms with Gasteiger partial charge in [-0.15, -0.1) is 0 Å². The summed E-state index contributed by atoms with van der Waals surface area (Å²) in [6, 6.07) is -11.2. The molecule has 7 rings (SSSR count). The maximum Gasteiger partial charge on any atom is 0.397 e. The molecule has 1 spiro atoms. The van der Waals surface area contributed by atoms with Crippen LogP contribution in [0.4, 0.5) is 35.1 Å². The molecule has 3 N–H and O–H groups in total. The van der Waals surface area contributed by atoms with Crippen molar-refractivity contribution in [3.8, 4) is 0 Å². The summed E-state index contributed by atoms with van der Waals surface area (Å²) < 4.78 is 121. The van der Waals surface area contributed by atoms with E-state index in [1.54, 1.807) is 20.8 Å². The maximum atomic E-state index is 15.5. The molecule has 3 heterocycles. The number of likely N-dealkylation sites (N-methyl/N-ethyl adjacent to an activating group) is 7. The largest absolute Gasteiger partial charge is 0.397 e. The van der Waals surface area contributed by atoms with Gasteiger partial charge in [0.15, 0.2) is 0 Å². The summed E-state index contributed by atoms with van der Waals surface area (Å²) in [7, 11) is 10.8. The van der Waals surface area contributed by atoms with E-state index in [1.165, 1.54) is 78.0 Å². The molecule has 2 bridgehead atoms. The number of ether oxygens (including phenoxy) is 1. The van der Waals surface area contributed by atoms with Crippen LogP contribution in [0.2, 0.25) is 0 Å². The van der Waals surface area contributed by atoms with E-state index in [4.69, 9.17) is 4.74 Å². The van der Waals surface area contributed by atoms with Gasteiger partial charge in [-0.3, -0.25) is 57.5 Å². The van der Waals surface area contributed by atoms with Gasteiger partial charge in [0.25, 0.3) is 0 Å². The van der Waals surface area contributed by atoms with Gasteiger partial charge in [-0.2, -0.15) is 26.3 Å². The second kappa shape index (κ2) is 36.3. The van der Waals surface area contributed by atoms with Gasteiger partial charge in [0, 0.05) is 82.5 Å². The molecule has 12 atom stereocenters. The topological polar surface area (TPSA) is 279 Å². The average Bonchev–Trinajstić information content (AvgIpc) is 1.75. The Kier molecular flexibility index (Phi) is 29.5. The zero-order valence-corrected chi connectivity index (χ0v) is 63.0. The highest BCUT2D eigenvalue weighted by atomic mass is 19.4. The van der Waals surface area contributed by atoms with E-state index in [0.29, 0.717) is 57.8 Å². The Hall–Kier alpha value is -6.96. The predicted octanol–water partition coefficient (Wildman–Crippen LogP) is 5.55. The summed E-state index contributed by atoms with van der Waals surface area (Å²) in [6.45, 7) is 4.75. The molecule has 0 aromatic carbocycles. The molecule has 7 fully saturated rings. The molecule has 7 aliphatic rings. The number of nitrogens with one attached hydrogen (secondary N) is 3. The number of hydrogen-bond donors (Lipinski definition) is 3. The van der Waals surface area contributed by atoms with Crippen LogP contribution in [0.3, 0.4) is 0 Å². The second-order valence-electron chi connectivity index (χ2n) is 31.0. The quantitative estimate of drug-likeness (QED) is 0.214. The first kappa shape index (κ1) is 85.3. The van der Waals surface area contributed by atoms with Gasteiger partial charge in [0.1, 0.15) is 72.1 Å². The molecule has 0 aromatic rings. The smallest absolute Gasteiger partial charge is 0.377 e. The zero-order chi connectivity index (χ0) is 78.1. The molecule has 0 radical (unpaired) electrons. The fourth-order valence-electron chi connectivity index (χ4n) is 16.7. The summed E-state index contributed by atoms with van der Waals surface area (Å²) >= 11 is 0. The minimum absolute atomic E-state index is 0.00944. The van der Waals surface area contributed by atoms with E-state index in [0.717, 1.165) is 29.4 Å². The average molecular weight is 1510 g/mol. The summed E-state index contributed by atoms with van der Waals surface area (Å²) in [6.07, 6.45) is -15.2. The highest BCUT2D eigenvalue weighted by Crippen LogP contribution is 2.46. The second-order valence-corrected chi connectivity index (χ2v) is 31.0. The third-order valence-corrected chi connectivity index (χ3v) is 23.7. The van der Waals surface area contributed by atoms with Crippen molar-refractivity contribution in [2.75, 3.05) is 89.2 Å². The lowest BCUT2D eigenvalue weighted by atomic mass is 9.74. The first-order chi connectivity index (χ1) is 49.2. The third-order valence-electron chi connectivity index (χ3n) is 23.7. The fourth-order valence-corrected chi connectivity index (χ4v) is 16.7. The van der Waals surface area contributed by atoms with Gasteiger partial charge in [0.2, 0.25) is 70.9 Å². The molecular formula is C72H112F8N12O13. The van der Waals surface area contributed by atoms with Crippen molar-refractivity contribution in [2.24, 2.45) is 35.5 Å². The number of amides is 12. The Morgan fingerprint density at radius 3 is 1.79 bits per heavy atom. The number of halogens is 8. The standard InChI is InChI=1S/C72H112F8N12O13/c1-13-41(3)59-67(102)86(8)40-57(95)88(10)51-23-16-15-19-32-91(66(51)101)54(35-43-24-27-46(28-25-43)71(75,76)77)65(100)85(7)39-55(93)81-50(29-26-44-33-48(73)58(49(74)34-44)72(78,79)80)63(98)92-38-47(105-14-2)36-52(92)62(97)83-70(30-20-31-70)69(104)90(12)60(45-21-17-18-22-45)68(103)89(11)53(64(99)84(5)6)37-56(94)87(9)42(4)61(96)82-59/h41-54,58-60H,13-40H2,1-12H3,(H,81,93)(H,82,96)(H,83,97)/t41-,42-,43?,44?,46?,47+,48?,49?,50-,51-,52-,53-,54-,58?,59-,60-/m0/s1. The lowest BCUT2D eigenvalue weighted by molar-refractivity contribution is -0.219. The van der Waals surface area contributed by atoms with Crippen LogP contribution in [0.5, 0.6) is 0 Å². The van der Waals surface area contributed by atoms with Crippen LogP contribution in [-0.2, 0) is 62.3 Å². The Morgan fingerprint density at radius 1 is 0.619 bits per heavy atom. The van der Waals surface area contributed by atoms with Crippen molar-refractivity contribution in [1.82, 2.24) is 60.0 Å². The minimum atomic E-state index is -5.21. The number of fused-ring (bicyclic) bond motifs is 3. The van der Waals surface area contributed by atoms with Gasteiger partial charge in [-0.25, -0.2) is 8.78 Å². The van der Waals surface area contributed by atoms with Crippen LogP contribution in [0, 0.1) is 35.5 Å². The molecule has 12 amide bonds. The summed E-state index contributed by atoms with van der Waals surface area (Å²) in [4.78, 5) is 189. The number of hydrogen-bond acceptors (Lipinski definition) is 13. The van der Waals surface area contributed by atoms with Gasteiger partial charge in [-0.1, -0.05) is 46.0 Å². The van der Waals surface area contributed by atoms with Gasteiger partial charge < -0.3 is 64.8 Å². The molecule has 3 aliphatic heterocycles. The highest BCUT2D eigenvalue weighted by Gasteiger charge is 2.56. The van der Waals surface area contributed by atoms with Gasteiger partial charge >= 0.3 is 12.4 Å². The predicted molar refractivity (Wildman–Crippen MR) is 367 cm³/mol. The van der Waals surface area contributed by atoms with Gasteiger partial charge in [-0.05, 0) is 140 Å². The molecule has 25 nitrogen and oxygen atoms in total. The Labute approximate surface area is 610 Å². The van der Waals surface area contributed by atoms with Crippen molar-refractivity contribution in [3.63, 3.8) is 0 Å². The molecule has 3 saturated heterocycles. The lowest BCUT2D eigenvalue weighted by Crippen LogP contribution is -2.68. The number of carbonyl (C=O) groups excluding carboxylic acids is 12. The van der Waals surface area contributed by atoms with Crippen LogP contribution in [0.25, 0.3) is 0 Å².